The highest BCUT2D eigenvalue weighted by atomic mass is 16.2. The Balaban J connectivity index is 2.64. The first-order valence-electron chi connectivity index (χ1n) is 4.21. The van der Waals surface area contributed by atoms with Gasteiger partial charge in [0, 0.05) is 0 Å². The monoisotopic (exact) mass is 170 g/mol. The van der Waals surface area contributed by atoms with Gasteiger partial charge in [-0.1, -0.05) is 12.8 Å². The van der Waals surface area contributed by atoms with E-state index >= 15 is 0 Å². The molecule has 1 aliphatic rings. The minimum atomic E-state index is -0.743. The van der Waals surface area contributed by atoms with Crippen molar-refractivity contribution in [1.82, 2.24) is 0 Å². The minimum Gasteiger partial charge on any atom is -0.369 e. The Kier molecular flexibility index (Phi) is 2.68. The van der Waals surface area contributed by atoms with E-state index < -0.39 is 17.7 Å². The lowest BCUT2D eigenvalue weighted by Gasteiger charge is -2.15. The molecule has 12 heavy (non-hydrogen) atoms. The van der Waals surface area contributed by atoms with Gasteiger partial charge in [0.1, 0.15) is 5.92 Å². The van der Waals surface area contributed by atoms with Crippen molar-refractivity contribution in [3.8, 4) is 0 Å². The largest absolute Gasteiger partial charge is 0.369 e. The fourth-order valence-corrected chi connectivity index (χ4v) is 1.90. The summed E-state index contributed by atoms with van der Waals surface area (Å²) >= 11 is 0. The van der Waals surface area contributed by atoms with E-state index in [9.17, 15) is 9.59 Å². The molecule has 4 N–H and O–H groups in total. The summed E-state index contributed by atoms with van der Waals surface area (Å²) in [6, 6.07) is 0. The van der Waals surface area contributed by atoms with Crippen molar-refractivity contribution in [2.75, 3.05) is 0 Å². The zero-order valence-electron chi connectivity index (χ0n) is 6.95. The Morgan fingerprint density at radius 2 is 1.50 bits per heavy atom. The average Bonchev–Trinajstić information content (AvgIpc) is 2.37. The van der Waals surface area contributed by atoms with E-state index in [-0.39, 0.29) is 5.92 Å². The number of rotatable bonds is 3. The number of hydrogen-bond acceptors (Lipinski definition) is 2. The average molecular weight is 170 g/mol. The van der Waals surface area contributed by atoms with Crippen molar-refractivity contribution in [1.29, 1.82) is 0 Å². The Morgan fingerprint density at radius 1 is 1.08 bits per heavy atom. The highest BCUT2D eigenvalue weighted by Crippen LogP contribution is 2.30. The molecule has 0 atom stereocenters. The molecule has 0 aliphatic heterocycles. The van der Waals surface area contributed by atoms with Crippen LogP contribution in [0, 0.1) is 11.8 Å². The molecule has 0 radical (unpaired) electrons. The van der Waals surface area contributed by atoms with Crippen LogP contribution in [0.2, 0.25) is 0 Å². The Bertz CT molecular complexity index is 183. The standard InChI is InChI=1S/C8H14N2O2/c9-7(11)6(8(10)12)5-3-1-2-4-5/h5-6H,1-4H2,(H2,9,11)(H2,10,12). The molecule has 1 fully saturated rings. The van der Waals surface area contributed by atoms with Crippen molar-refractivity contribution in [3.63, 3.8) is 0 Å². The second-order valence-electron chi connectivity index (χ2n) is 3.33. The highest BCUT2D eigenvalue weighted by molar-refractivity contribution is 5.99. The van der Waals surface area contributed by atoms with E-state index in [4.69, 9.17) is 11.5 Å². The number of carbonyl (C=O) groups excluding carboxylic acids is 2. The lowest BCUT2D eigenvalue weighted by Crippen LogP contribution is -2.39. The Morgan fingerprint density at radius 3 is 1.83 bits per heavy atom. The molecule has 1 rings (SSSR count). The third-order valence-electron chi connectivity index (χ3n) is 2.48. The number of amides is 2. The maximum Gasteiger partial charge on any atom is 0.230 e. The summed E-state index contributed by atoms with van der Waals surface area (Å²) in [4.78, 5) is 21.7. The van der Waals surface area contributed by atoms with Gasteiger partial charge in [-0.3, -0.25) is 9.59 Å². The van der Waals surface area contributed by atoms with Crippen molar-refractivity contribution < 1.29 is 9.59 Å². The maximum absolute atomic E-state index is 10.8. The summed E-state index contributed by atoms with van der Waals surface area (Å²) < 4.78 is 0. The Labute approximate surface area is 71.3 Å². The van der Waals surface area contributed by atoms with E-state index in [2.05, 4.69) is 0 Å². The van der Waals surface area contributed by atoms with Gasteiger partial charge in [0.05, 0.1) is 0 Å². The minimum absolute atomic E-state index is 0.0972. The molecule has 0 aromatic heterocycles. The molecule has 0 saturated heterocycles. The van der Waals surface area contributed by atoms with Gasteiger partial charge in [-0.25, -0.2) is 0 Å². The van der Waals surface area contributed by atoms with Gasteiger partial charge < -0.3 is 11.5 Å². The zero-order chi connectivity index (χ0) is 9.14. The third-order valence-corrected chi connectivity index (χ3v) is 2.48. The normalized spacial score (nSPS) is 18.4. The zero-order valence-corrected chi connectivity index (χ0v) is 6.95. The lowest BCUT2D eigenvalue weighted by atomic mass is 9.90. The van der Waals surface area contributed by atoms with Crippen LogP contribution < -0.4 is 11.5 Å². The third kappa shape index (κ3) is 1.75. The highest BCUT2D eigenvalue weighted by Gasteiger charge is 2.33. The maximum atomic E-state index is 10.8. The van der Waals surface area contributed by atoms with Gasteiger partial charge in [-0.05, 0) is 18.8 Å². The second kappa shape index (κ2) is 3.56. The predicted octanol–water partition coefficient (Wildman–Crippen LogP) is -0.237. The summed E-state index contributed by atoms with van der Waals surface area (Å²) in [5.41, 5.74) is 10.2. The molecular weight excluding hydrogens is 156 g/mol. The number of nitrogens with two attached hydrogens (primary N) is 2. The van der Waals surface area contributed by atoms with Crippen molar-refractivity contribution in [3.05, 3.63) is 0 Å². The van der Waals surface area contributed by atoms with E-state index in [0.717, 1.165) is 25.7 Å². The van der Waals surface area contributed by atoms with E-state index in [0.29, 0.717) is 0 Å². The molecule has 4 nitrogen and oxygen atoms in total. The van der Waals surface area contributed by atoms with Crippen LogP contribution in [0.15, 0.2) is 0 Å². The van der Waals surface area contributed by atoms with Gasteiger partial charge in [0.2, 0.25) is 11.8 Å². The summed E-state index contributed by atoms with van der Waals surface area (Å²) in [7, 11) is 0. The molecular formula is C8H14N2O2. The van der Waals surface area contributed by atoms with Crippen LogP contribution in [-0.2, 0) is 9.59 Å². The van der Waals surface area contributed by atoms with Gasteiger partial charge in [-0.15, -0.1) is 0 Å². The molecule has 0 bridgehead atoms. The first-order valence-corrected chi connectivity index (χ1v) is 4.21. The fraction of sp³-hybridized carbons (Fsp3) is 0.750. The van der Waals surface area contributed by atoms with Crippen LogP contribution in [0.3, 0.4) is 0 Å². The van der Waals surface area contributed by atoms with Crippen molar-refractivity contribution in [2.24, 2.45) is 23.3 Å². The van der Waals surface area contributed by atoms with Gasteiger partial charge in [0.15, 0.2) is 0 Å². The fourth-order valence-electron chi connectivity index (χ4n) is 1.90. The molecule has 0 unspecified atom stereocenters. The molecule has 0 heterocycles. The smallest absolute Gasteiger partial charge is 0.230 e. The van der Waals surface area contributed by atoms with E-state index in [1.165, 1.54) is 0 Å². The van der Waals surface area contributed by atoms with Crippen LogP contribution in [0.5, 0.6) is 0 Å². The predicted molar refractivity (Wildman–Crippen MR) is 43.8 cm³/mol. The SMILES string of the molecule is NC(=O)C(C(N)=O)C1CCCC1. The van der Waals surface area contributed by atoms with Gasteiger partial charge >= 0.3 is 0 Å². The van der Waals surface area contributed by atoms with Gasteiger partial charge in [0.25, 0.3) is 0 Å². The summed E-state index contributed by atoms with van der Waals surface area (Å²) in [5, 5.41) is 0. The first-order chi connectivity index (χ1) is 5.63. The summed E-state index contributed by atoms with van der Waals surface area (Å²) in [6.45, 7) is 0. The van der Waals surface area contributed by atoms with Crippen molar-refractivity contribution in [2.45, 2.75) is 25.7 Å². The van der Waals surface area contributed by atoms with Crippen LogP contribution in [0.1, 0.15) is 25.7 Å². The Hall–Kier alpha value is -1.06. The molecule has 2 amide bonds. The van der Waals surface area contributed by atoms with Crippen LogP contribution in [-0.4, -0.2) is 11.8 Å². The first kappa shape index (κ1) is 9.03. The van der Waals surface area contributed by atoms with Gasteiger partial charge in [-0.2, -0.15) is 0 Å². The molecule has 0 aromatic rings. The number of primary amides is 2. The number of hydrogen-bond donors (Lipinski definition) is 2. The molecule has 4 heteroatoms. The van der Waals surface area contributed by atoms with E-state index in [1.807, 2.05) is 0 Å². The van der Waals surface area contributed by atoms with Crippen LogP contribution in [0.25, 0.3) is 0 Å². The summed E-state index contributed by atoms with van der Waals surface area (Å²) in [6.07, 6.45) is 3.94. The van der Waals surface area contributed by atoms with Crippen molar-refractivity contribution >= 4 is 11.8 Å². The van der Waals surface area contributed by atoms with Crippen LogP contribution >= 0.6 is 0 Å². The topological polar surface area (TPSA) is 86.2 Å². The van der Waals surface area contributed by atoms with E-state index in [1.54, 1.807) is 0 Å². The quantitative estimate of drug-likeness (QED) is 0.573. The second-order valence-corrected chi connectivity index (χ2v) is 3.33. The molecule has 1 saturated carbocycles. The number of carbonyl (C=O) groups is 2. The lowest BCUT2D eigenvalue weighted by molar-refractivity contribution is -0.133. The van der Waals surface area contributed by atoms with Crippen LogP contribution in [0.4, 0.5) is 0 Å². The molecule has 68 valence electrons. The summed E-state index contributed by atoms with van der Waals surface area (Å²) in [5.74, 6) is -1.80. The molecule has 0 spiro atoms. The molecule has 0 aromatic carbocycles. The molecule has 1 aliphatic carbocycles.